The van der Waals surface area contributed by atoms with E-state index in [-0.39, 0.29) is 10.7 Å². The van der Waals surface area contributed by atoms with Crippen molar-refractivity contribution >= 4 is 28.5 Å². The second-order valence-corrected chi connectivity index (χ2v) is 4.12. The Balaban J connectivity index is 0.000000155. The predicted octanol–water partition coefficient (Wildman–Crippen LogP) is 2.42. The number of pyridine rings is 2. The molecule has 0 aliphatic rings. The highest BCUT2D eigenvalue weighted by Crippen LogP contribution is 2.15. The molecule has 0 aromatic carbocycles. The van der Waals surface area contributed by atoms with Gasteiger partial charge in [0.2, 0.25) is 0 Å². The Kier molecular flexibility index (Phi) is 4.25. The van der Waals surface area contributed by atoms with Crippen LogP contribution in [0.4, 0.5) is 14.6 Å². The van der Waals surface area contributed by atoms with Crippen LogP contribution in [0.25, 0.3) is 11.0 Å². The Labute approximate surface area is 122 Å². The molecular formula is C12H7ClF2N6. The van der Waals surface area contributed by atoms with Crippen molar-refractivity contribution in [2.45, 2.75) is 0 Å². The Hall–Kier alpha value is -2.79. The lowest BCUT2D eigenvalue weighted by Crippen LogP contribution is -1.84. The molecule has 3 N–H and O–H groups in total. The van der Waals surface area contributed by atoms with E-state index in [4.69, 9.17) is 22.6 Å². The second kappa shape index (κ2) is 6.11. The number of nitrogen functional groups attached to an aromatic ring is 1. The summed E-state index contributed by atoms with van der Waals surface area (Å²) < 4.78 is 24.8. The molecule has 3 aromatic rings. The third-order valence-electron chi connectivity index (χ3n) is 2.33. The standard InChI is InChI=1S/C6H2ClFN2.C6H5FN4/c7-6-4(2-9)1-5(8)3-10-6;7-3-1-4-5(8)10-11-6(4)9-2-3/h1,3H;1-2H,(H3,8,9,10,11). The minimum Gasteiger partial charge on any atom is -0.384 e. The first-order valence-electron chi connectivity index (χ1n) is 5.47. The third kappa shape index (κ3) is 3.40. The van der Waals surface area contributed by atoms with E-state index in [1.807, 2.05) is 0 Å². The largest absolute Gasteiger partial charge is 0.384 e. The lowest BCUT2D eigenvalue weighted by atomic mass is 10.3. The number of hydrogen-bond donors (Lipinski definition) is 2. The molecule has 3 aromatic heterocycles. The van der Waals surface area contributed by atoms with E-state index in [0.29, 0.717) is 16.9 Å². The normalized spacial score (nSPS) is 9.81. The molecule has 0 saturated carbocycles. The summed E-state index contributed by atoms with van der Waals surface area (Å²) in [7, 11) is 0. The Morgan fingerprint density at radius 2 is 1.86 bits per heavy atom. The number of anilines is 1. The van der Waals surface area contributed by atoms with E-state index in [2.05, 4.69) is 20.2 Å². The van der Waals surface area contributed by atoms with Crippen LogP contribution < -0.4 is 5.73 Å². The molecule has 106 valence electrons. The van der Waals surface area contributed by atoms with Gasteiger partial charge < -0.3 is 5.73 Å². The van der Waals surface area contributed by atoms with Crippen molar-refractivity contribution in [3.05, 3.63) is 46.9 Å². The maximum Gasteiger partial charge on any atom is 0.183 e. The van der Waals surface area contributed by atoms with Gasteiger partial charge >= 0.3 is 0 Å². The average molecular weight is 309 g/mol. The van der Waals surface area contributed by atoms with E-state index in [1.165, 1.54) is 6.07 Å². The molecule has 6 nitrogen and oxygen atoms in total. The van der Waals surface area contributed by atoms with E-state index in [0.717, 1.165) is 18.5 Å². The molecule has 0 fully saturated rings. The molecule has 0 bridgehead atoms. The first-order chi connectivity index (χ1) is 10.0. The summed E-state index contributed by atoms with van der Waals surface area (Å²) in [4.78, 5) is 7.12. The van der Waals surface area contributed by atoms with E-state index < -0.39 is 11.6 Å². The van der Waals surface area contributed by atoms with Gasteiger partial charge in [0, 0.05) is 0 Å². The Morgan fingerprint density at radius 1 is 1.19 bits per heavy atom. The quantitative estimate of drug-likeness (QED) is 0.621. The molecule has 0 aliphatic carbocycles. The minimum absolute atomic E-state index is 0.0314. The summed E-state index contributed by atoms with van der Waals surface area (Å²) in [5.74, 6) is -0.626. The number of nitriles is 1. The zero-order valence-corrected chi connectivity index (χ0v) is 11.1. The maximum absolute atomic E-state index is 12.5. The number of hydrogen-bond acceptors (Lipinski definition) is 5. The molecule has 3 rings (SSSR count). The van der Waals surface area contributed by atoms with Crippen LogP contribution in [-0.4, -0.2) is 20.2 Å². The molecule has 0 aliphatic heterocycles. The highest BCUT2D eigenvalue weighted by molar-refractivity contribution is 6.30. The molecule has 21 heavy (non-hydrogen) atoms. The van der Waals surface area contributed by atoms with Crippen LogP contribution in [0.3, 0.4) is 0 Å². The van der Waals surface area contributed by atoms with Gasteiger partial charge in [0.15, 0.2) is 5.65 Å². The molecular weight excluding hydrogens is 302 g/mol. The fraction of sp³-hybridized carbons (Fsp3) is 0. The zero-order valence-electron chi connectivity index (χ0n) is 10.3. The number of halogens is 3. The molecule has 3 heterocycles. The molecule has 0 amide bonds. The monoisotopic (exact) mass is 308 g/mol. The number of H-pyrrole nitrogens is 1. The first-order valence-corrected chi connectivity index (χ1v) is 5.85. The average Bonchev–Trinajstić information content (AvgIpc) is 2.83. The molecule has 9 heteroatoms. The van der Waals surface area contributed by atoms with Crippen LogP contribution in [0.1, 0.15) is 5.56 Å². The molecule has 0 atom stereocenters. The molecule has 0 spiro atoms. The number of aromatic amines is 1. The van der Waals surface area contributed by atoms with Crippen LogP contribution in [0, 0.1) is 23.0 Å². The third-order valence-corrected chi connectivity index (χ3v) is 2.63. The number of rotatable bonds is 0. The van der Waals surface area contributed by atoms with Crippen molar-refractivity contribution in [1.82, 2.24) is 20.2 Å². The Morgan fingerprint density at radius 3 is 2.52 bits per heavy atom. The van der Waals surface area contributed by atoms with Crippen LogP contribution in [0.5, 0.6) is 0 Å². The number of nitrogens with zero attached hydrogens (tertiary/aromatic N) is 4. The van der Waals surface area contributed by atoms with Crippen molar-refractivity contribution in [1.29, 1.82) is 5.26 Å². The smallest absolute Gasteiger partial charge is 0.183 e. The summed E-state index contributed by atoms with van der Waals surface area (Å²) in [5.41, 5.74) is 5.91. The summed E-state index contributed by atoms with van der Waals surface area (Å²) in [6.45, 7) is 0. The van der Waals surface area contributed by atoms with E-state index in [9.17, 15) is 8.78 Å². The van der Waals surface area contributed by atoms with Gasteiger partial charge in [-0.3, -0.25) is 5.10 Å². The van der Waals surface area contributed by atoms with Crippen LogP contribution in [-0.2, 0) is 0 Å². The lowest BCUT2D eigenvalue weighted by Gasteiger charge is -1.90. The van der Waals surface area contributed by atoms with Gasteiger partial charge in [0.05, 0.1) is 23.3 Å². The van der Waals surface area contributed by atoms with Crippen LogP contribution in [0.2, 0.25) is 5.15 Å². The van der Waals surface area contributed by atoms with Gasteiger partial charge in [-0.05, 0) is 12.1 Å². The van der Waals surface area contributed by atoms with Crippen LogP contribution in [0.15, 0.2) is 24.5 Å². The fourth-order valence-electron chi connectivity index (χ4n) is 1.39. The van der Waals surface area contributed by atoms with Crippen LogP contribution >= 0.6 is 11.6 Å². The number of fused-ring (bicyclic) bond motifs is 1. The second-order valence-electron chi connectivity index (χ2n) is 3.77. The minimum atomic E-state index is -0.555. The van der Waals surface area contributed by atoms with Crippen molar-refractivity contribution in [3.8, 4) is 6.07 Å². The summed E-state index contributed by atoms with van der Waals surface area (Å²) >= 11 is 5.40. The highest BCUT2D eigenvalue weighted by atomic mass is 35.5. The van der Waals surface area contributed by atoms with Crippen molar-refractivity contribution < 1.29 is 8.78 Å². The topological polar surface area (TPSA) is 104 Å². The maximum atomic E-state index is 12.5. The van der Waals surface area contributed by atoms with Gasteiger partial charge in [0.25, 0.3) is 0 Å². The fourth-order valence-corrected chi connectivity index (χ4v) is 1.54. The van der Waals surface area contributed by atoms with Crippen molar-refractivity contribution in [2.75, 3.05) is 5.73 Å². The highest BCUT2D eigenvalue weighted by Gasteiger charge is 2.03. The van der Waals surface area contributed by atoms with Gasteiger partial charge in [0.1, 0.15) is 28.7 Å². The predicted molar refractivity (Wildman–Crippen MR) is 72.2 cm³/mol. The zero-order chi connectivity index (χ0) is 15.4. The Bertz CT molecular complexity index is 826. The summed E-state index contributed by atoms with van der Waals surface area (Å²) in [6, 6.07) is 4.03. The first kappa shape index (κ1) is 14.6. The van der Waals surface area contributed by atoms with Crippen molar-refractivity contribution in [3.63, 3.8) is 0 Å². The molecule has 0 unspecified atom stereocenters. The van der Waals surface area contributed by atoms with E-state index >= 15 is 0 Å². The lowest BCUT2D eigenvalue weighted by molar-refractivity contribution is 0.621. The number of nitrogens with two attached hydrogens (primary N) is 1. The molecule has 0 radical (unpaired) electrons. The summed E-state index contributed by atoms with van der Waals surface area (Å²) in [6.07, 6.45) is 2.06. The van der Waals surface area contributed by atoms with Gasteiger partial charge in [-0.15, -0.1) is 0 Å². The van der Waals surface area contributed by atoms with E-state index in [1.54, 1.807) is 6.07 Å². The van der Waals surface area contributed by atoms with Gasteiger partial charge in [-0.1, -0.05) is 11.6 Å². The number of nitrogens with one attached hydrogen (secondary N) is 1. The van der Waals surface area contributed by atoms with Gasteiger partial charge in [-0.2, -0.15) is 10.4 Å². The summed E-state index contributed by atoms with van der Waals surface area (Å²) in [5, 5.41) is 15.1. The SMILES string of the molecule is N#Cc1cc(F)cnc1Cl.Nc1[nH]nc2ncc(F)cc12. The van der Waals surface area contributed by atoms with Gasteiger partial charge in [-0.25, -0.2) is 18.7 Å². The van der Waals surface area contributed by atoms with Crippen molar-refractivity contribution in [2.24, 2.45) is 0 Å². The molecule has 0 saturated heterocycles. The number of aromatic nitrogens is 4.